The number of halogens is 1. The van der Waals surface area contributed by atoms with Crippen LogP contribution in [0.15, 0.2) is 46.6 Å². The van der Waals surface area contributed by atoms with Crippen LogP contribution in [-0.2, 0) is 11.3 Å². The molecule has 2 aromatic rings. The number of hydrogen-bond donors (Lipinski definition) is 1. The van der Waals surface area contributed by atoms with E-state index in [1.165, 1.54) is 12.8 Å². The van der Waals surface area contributed by atoms with Gasteiger partial charge in [-0.1, -0.05) is 41.9 Å². The average Bonchev–Trinajstić information content (AvgIpc) is 3.45. The molecule has 0 bridgehead atoms. The van der Waals surface area contributed by atoms with E-state index in [0.717, 1.165) is 34.8 Å². The minimum atomic E-state index is -0.147. The Morgan fingerprint density at radius 2 is 1.81 bits per heavy atom. The van der Waals surface area contributed by atoms with Crippen LogP contribution < -0.4 is 5.32 Å². The van der Waals surface area contributed by atoms with Crippen molar-refractivity contribution >= 4 is 23.0 Å². The van der Waals surface area contributed by atoms with E-state index < -0.39 is 0 Å². The molecule has 0 saturated heterocycles. The maximum Gasteiger partial charge on any atom is 0.128 e. The quantitative estimate of drug-likeness (QED) is 0.529. The molecule has 3 rings (SSSR count). The Morgan fingerprint density at radius 3 is 2.41 bits per heavy atom. The van der Waals surface area contributed by atoms with Crippen molar-refractivity contribution in [3.05, 3.63) is 47.0 Å². The first-order chi connectivity index (χ1) is 12.9. The molecular formula is C22H28ClN3O. The predicted molar refractivity (Wildman–Crippen MR) is 113 cm³/mol. The van der Waals surface area contributed by atoms with E-state index in [4.69, 9.17) is 16.3 Å². The van der Waals surface area contributed by atoms with Gasteiger partial charge in [0.15, 0.2) is 0 Å². The summed E-state index contributed by atoms with van der Waals surface area (Å²) in [5.74, 6) is 0.776. The van der Waals surface area contributed by atoms with Gasteiger partial charge in [0.2, 0.25) is 0 Å². The minimum Gasteiger partial charge on any atom is -0.383 e. The summed E-state index contributed by atoms with van der Waals surface area (Å²) in [4.78, 5) is 0. The van der Waals surface area contributed by atoms with Crippen molar-refractivity contribution in [3.63, 3.8) is 0 Å². The molecule has 1 aliphatic carbocycles. The van der Waals surface area contributed by atoms with E-state index in [0.29, 0.717) is 17.3 Å². The average molecular weight is 386 g/mol. The maximum atomic E-state index is 6.70. The van der Waals surface area contributed by atoms with Gasteiger partial charge < -0.3 is 10.1 Å². The standard InChI is InChI=1S/C22H28ClN3O/c1-22(2,3)27-14-16-7-9-17(10-8-16)18-11-12-19(25-13-15-5-6-15)21(20(18)23)26-24-4/h7-12,15,25H,5-6,13-14H2,1-4H3/b26-24-. The molecule has 0 unspecified atom stereocenters. The van der Waals surface area contributed by atoms with Crippen LogP contribution in [0.5, 0.6) is 0 Å². The highest BCUT2D eigenvalue weighted by molar-refractivity contribution is 6.36. The van der Waals surface area contributed by atoms with Crippen LogP contribution in [0.3, 0.4) is 0 Å². The van der Waals surface area contributed by atoms with Gasteiger partial charge in [-0.15, -0.1) is 0 Å². The van der Waals surface area contributed by atoms with Crippen LogP contribution in [0.2, 0.25) is 5.02 Å². The highest BCUT2D eigenvalue weighted by Crippen LogP contribution is 2.41. The molecule has 0 spiro atoms. The van der Waals surface area contributed by atoms with Gasteiger partial charge in [0.1, 0.15) is 5.69 Å². The van der Waals surface area contributed by atoms with Crippen molar-refractivity contribution in [2.75, 3.05) is 18.9 Å². The molecule has 2 aromatic carbocycles. The molecule has 1 aliphatic rings. The first-order valence-corrected chi connectivity index (χ1v) is 9.84. The highest BCUT2D eigenvalue weighted by atomic mass is 35.5. The zero-order valence-electron chi connectivity index (χ0n) is 16.6. The molecular weight excluding hydrogens is 358 g/mol. The molecule has 1 saturated carbocycles. The number of rotatable bonds is 7. The third-order valence-electron chi connectivity index (χ3n) is 4.53. The smallest absolute Gasteiger partial charge is 0.128 e. The number of hydrogen-bond acceptors (Lipinski definition) is 4. The van der Waals surface area contributed by atoms with Gasteiger partial charge in [-0.05, 0) is 56.7 Å². The number of nitrogens with zero attached hydrogens (tertiary/aromatic N) is 2. The fourth-order valence-corrected chi connectivity index (χ4v) is 3.10. The summed E-state index contributed by atoms with van der Waals surface area (Å²) >= 11 is 6.70. The largest absolute Gasteiger partial charge is 0.383 e. The van der Waals surface area contributed by atoms with Crippen LogP contribution in [0.1, 0.15) is 39.2 Å². The molecule has 4 nitrogen and oxygen atoms in total. The van der Waals surface area contributed by atoms with Gasteiger partial charge >= 0.3 is 0 Å². The number of benzene rings is 2. The zero-order chi connectivity index (χ0) is 19.4. The van der Waals surface area contributed by atoms with Crippen LogP contribution in [0.4, 0.5) is 11.4 Å². The second-order valence-corrected chi connectivity index (χ2v) is 8.42. The van der Waals surface area contributed by atoms with Crippen LogP contribution in [-0.4, -0.2) is 19.2 Å². The lowest BCUT2D eigenvalue weighted by Crippen LogP contribution is -2.18. The number of nitrogens with one attached hydrogen (secondary N) is 1. The SMILES string of the molecule is C/N=N\c1c(NCC2CC2)ccc(-c2ccc(COC(C)(C)C)cc2)c1Cl. The number of anilines is 1. The fraction of sp³-hybridized carbons (Fsp3) is 0.455. The zero-order valence-corrected chi connectivity index (χ0v) is 17.3. The normalized spacial score (nSPS) is 14.7. The molecule has 0 aliphatic heterocycles. The van der Waals surface area contributed by atoms with Crippen molar-refractivity contribution in [2.24, 2.45) is 16.1 Å². The minimum absolute atomic E-state index is 0.147. The van der Waals surface area contributed by atoms with E-state index in [1.54, 1.807) is 7.05 Å². The Hall–Kier alpha value is -1.91. The monoisotopic (exact) mass is 385 g/mol. The third kappa shape index (κ3) is 5.53. The van der Waals surface area contributed by atoms with Crippen molar-refractivity contribution in [1.82, 2.24) is 0 Å². The maximum absolute atomic E-state index is 6.70. The molecule has 0 atom stereocenters. The van der Waals surface area contributed by atoms with Crippen molar-refractivity contribution in [3.8, 4) is 11.1 Å². The number of ether oxygens (including phenoxy) is 1. The topological polar surface area (TPSA) is 46.0 Å². The van der Waals surface area contributed by atoms with Crippen molar-refractivity contribution < 1.29 is 4.74 Å². The summed E-state index contributed by atoms with van der Waals surface area (Å²) in [5, 5.41) is 12.3. The summed E-state index contributed by atoms with van der Waals surface area (Å²) in [7, 11) is 1.66. The molecule has 1 N–H and O–H groups in total. The van der Waals surface area contributed by atoms with Gasteiger partial charge in [-0.25, -0.2) is 0 Å². The van der Waals surface area contributed by atoms with Crippen molar-refractivity contribution in [1.29, 1.82) is 0 Å². The Kier molecular flexibility index (Phi) is 6.18. The molecule has 5 heteroatoms. The first kappa shape index (κ1) is 19.8. The van der Waals surface area contributed by atoms with E-state index in [-0.39, 0.29) is 5.60 Å². The van der Waals surface area contributed by atoms with E-state index >= 15 is 0 Å². The molecule has 27 heavy (non-hydrogen) atoms. The predicted octanol–water partition coefficient (Wildman–Crippen LogP) is 6.86. The second kappa shape index (κ2) is 8.41. The lowest BCUT2D eigenvalue weighted by atomic mass is 10.0. The summed E-state index contributed by atoms with van der Waals surface area (Å²) in [5.41, 5.74) is 4.65. The van der Waals surface area contributed by atoms with Gasteiger partial charge in [-0.2, -0.15) is 10.2 Å². The number of azo groups is 1. The Bertz CT molecular complexity index is 806. The molecule has 0 heterocycles. The molecule has 0 amide bonds. The Labute approximate surface area is 167 Å². The van der Waals surface area contributed by atoms with E-state index in [2.05, 4.69) is 60.6 Å². The molecule has 1 fully saturated rings. The summed E-state index contributed by atoms with van der Waals surface area (Å²) in [6.07, 6.45) is 2.60. The highest BCUT2D eigenvalue weighted by Gasteiger charge is 2.22. The van der Waals surface area contributed by atoms with Gasteiger partial charge in [-0.3, -0.25) is 0 Å². The second-order valence-electron chi connectivity index (χ2n) is 8.05. The molecule has 144 valence electrons. The lowest BCUT2D eigenvalue weighted by molar-refractivity contribution is -0.0149. The molecule has 0 aromatic heterocycles. The Balaban J connectivity index is 1.81. The van der Waals surface area contributed by atoms with E-state index in [1.807, 2.05) is 12.1 Å². The Morgan fingerprint density at radius 1 is 1.11 bits per heavy atom. The molecule has 0 radical (unpaired) electrons. The van der Waals surface area contributed by atoms with Crippen LogP contribution in [0.25, 0.3) is 11.1 Å². The summed E-state index contributed by atoms with van der Waals surface area (Å²) in [6.45, 7) is 7.73. The van der Waals surface area contributed by atoms with Gasteiger partial charge in [0.25, 0.3) is 0 Å². The summed E-state index contributed by atoms with van der Waals surface area (Å²) < 4.78 is 5.84. The van der Waals surface area contributed by atoms with Crippen LogP contribution >= 0.6 is 11.6 Å². The van der Waals surface area contributed by atoms with Crippen LogP contribution in [0, 0.1) is 5.92 Å². The van der Waals surface area contributed by atoms with Crippen molar-refractivity contribution in [2.45, 2.75) is 45.8 Å². The third-order valence-corrected chi connectivity index (χ3v) is 4.91. The van der Waals surface area contributed by atoms with Gasteiger partial charge in [0, 0.05) is 19.2 Å². The fourth-order valence-electron chi connectivity index (χ4n) is 2.78. The van der Waals surface area contributed by atoms with Gasteiger partial charge in [0.05, 0.1) is 22.9 Å². The summed E-state index contributed by atoms with van der Waals surface area (Å²) in [6, 6.07) is 12.4. The van der Waals surface area contributed by atoms with E-state index in [9.17, 15) is 0 Å². The lowest BCUT2D eigenvalue weighted by Gasteiger charge is -2.19. The first-order valence-electron chi connectivity index (χ1n) is 9.47.